The van der Waals surface area contributed by atoms with Gasteiger partial charge in [0.25, 0.3) is 0 Å². The topological polar surface area (TPSA) is 55.1 Å². The minimum Gasteiger partial charge on any atom is -0.452 e. The molecule has 132 valence electrons. The van der Waals surface area contributed by atoms with Crippen LogP contribution in [0.25, 0.3) is 22.3 Å². The molecule has 2 heterocycles. The third-order valence-electron chi connectivity index (χ3n) is 5.10. The Kier molecular flexibility index (Phi) is 3.57. The van der Waals surface area contributed by atoms with Crippen molar-refractivity contribution >= 4 is 28.1 Å². The Morgan fingerprint density at radius 3 is 2.74 bits per heavy atom. The molecule has 4 aromatic rings. The summed E-state index contributed by atoms with van der Waals surface area (Å²) in [6, 6.07) is 16.2. The van der Waals surface area contributed by atoms with E-state index in [0.717, 1.165) is 51.2 Å². The average Bonchev–Trinajstić information content (AvgIpc) is 3.24. The van der Waals surface area contributed by atoms with E-state index in [1.54, 1.807) is 12.4 Å². The SMILES string of the molecule is Cc1ccc(-c2oc3cnccc3c2Nc2ccc3c(c2)CCC3=O)cc1. The Hall–Kier alpha value is -3.40. The predicted molar refractivity (Wildman–Crippen MR) is 107 cm³/mol. The van der Waals surface area contributed by atoms with Crippen LogP contribution >= 0.6 is 0 Å². The van der Waals surface area contributed by atoms with Crippen molar-refractivity contribution in [2.45, 2.75) is 19.8 Å². The molecule has 27 heavy (non-hydrogen) atoms. The van der Waals surface area contributed by atoms with Crippen molar-refractivity contribution in [2.24, 2.45) is 0 Å². The molecule has 2 aromatic heterocycles. The fraction of sp³-hybridized carbons (Fsp3) is 0.130. The highest BCUT2D eigenvalue weighted by Gasteiger charge is 2.21. The molecule has 5 rings (SSSR count). The fourth-order valence-electron chi connectivity index (χ4n) is 3.66. The molecular formula is C23H18N2O2. The summed E-state index contributed by atoms with van der Waals surface area (Å²) in [5.74, 6) is 1.02. The number of carbonyl (C=O) groups is 1. The van der Waals surface area contributed by atoms with Crippen molar-refractivity contribution in [1.29, 1.82) is 0 Å². The summed E-state index contributed by atoms with van der Waals surface area (Å²) in [6.45, 7) is 2.07. The maximum atomic E-state index is 11.9. The number of aromatic nitrogens is 1. The van der Waals surface area contributed by atoms with Crippen LogP contribution in [0.3, 0.4) is 0 Å². The second-order valence-electron chi connectivity index (χ2n) is 6.96. The molecule has 0 radical (unpaired) electrons. The van der Waals surface area contributed by atoms with Crippen LogP contribution in [-0.4, -0.2) is 10.8 Å². The monoisotopic (exact) mass is 354 g/mol. The molecular weight excluding hydrogens is 336 g/mol. The molecule has 1 N–H and O–H groups in total. The number of hydrogen-bond acceptors (Lipinski definition) is 4. The fourth-order valence-corrected chi connectivity index (χ4v) is 3.66. The highest BCUT2D eigenvalue weighted by molar-refractivity contribution is 6.02. The summed E-state index contributed by atoms with van der Waals surface area (Å²) >= 11 is 0. The lowest BCUT2D eigenvalue weighted by molar-refractivity contribution is 0.0994. The van der Waals surface area contributed by atoms with Gasteiger partial charge in [0.05, 0.1) is 11.9 Å². The van der Waals surface area contributed by atoms with E-state index >= 15 is 0 Å². The van der Waals surface area contributed by atoms with Gasteiger partial charge in [-0.2, -0.15) is 0 Å². The van der Waals surface area contributed by atoms with Gasteiger partial charge in [0.1, 0.15) is 0 Å². The molecule has 4 heteroatoms. The van der Waals surface area contributed by atoms with E-state index in [1.807, 2.05) is 18.2 Å². The molecule has 2 aromatic carbocycles. The van der Waals surface area contributed by atoms with Crippen molar-refractivity contribution in [3.8, 4) is 11.3 Å². The molecule has 0 saturated heterocycles. The van der Waals surface area contributed by atoms with Crippen LogP contribution in [-0.2, 0) is 6.42 Å². The first kappa shape index (κ1) is 15.8. The van der Waals surface area contributed by atoms with Crippen molar-refractivity contribution in [1.82, 2.24) is 4.98 Å². The molecule has 0 aliphatic heterocycles. The zero-order valence-corrected chi connectivity index (χ0v) is 15.0. The minimum atomic E-state index is 0.233. The van der Waals surface area contributed by atoms with E-state index in [2.05, 4.69) is 47.6 Å². The number of nitrogens with zero attached hydrogens (tertiary/aromatic N) is 1. The third kappa shape index (κ3) is 2.70. The predicted octanol–water partition coefficient (Wildman–Crippen LogP) is 5.68. The molecule has 4 nitrogen and oxygen atoms in total. The molecule has 0 amide bonds. The third-order valence-corrected chi connectivity index (χ3v) is 5.10. The molecule has 0 atom stereocenters. The van der Waals surface area contributed by atoms with E-state index in [4.69, 9.17) is 4.42 Å². The minimum absolute atomic E-state index is 0.233. The van der Waals surface area contributed by atoms with Gasteiger partial charge in [0.2, 0.25) is 0 Å². The van der Waals surface area contributed by atoms with Gasteiger partial charge in [-0.25, -0.2) is 0 Å². The number of hydrogen-bond donors (Lipinski definition) is 1. The molecule has 0 fully saturated rings. The summed E-state index contributed by atoms with van der Waals surface area (Å²) in [4.78, 5) is 16.1. The van der Waals surface area contributed by atoms with Crippen LogP contribution in [0.15, 0.2) is 65.3 Å². The number of nitrogens with one attached hydrogen (secondary N) is 1. The lowest BCUT2D eigenvalue weighted by atomic mass is 10.1. The van der Waals surface area contributed by atoms with Gasteiger partial charge in [0, 0.05) is 34.8 Å². The van der Waals surface area contributed by atoms with E-state index < -0.39 is 0 Å². The molecule has 1 aliphatic carbocycles. The Labute approximate surface area is 156 Å². The Morgan fingerprint density at radius 2 is 1.89 bits per heavy atom. The number of pyridine rings is 1. The van der Waals surface area contributed by atoms with Gasteiger partial charge < -0.3 is 9.73 Å². The van der Waals surface area contributed by atoms with Crippen molar-refractivity contribution < 1.29 is 9.21 Å². The summed E-state index contributed by atoms with van der Waals surface area (Å²) in [5.41, 5.74) is 6.78. The maximum Gasteiger partial charge on any atom is 0.163 e. The standard InChI is InChI=1S/C23H18N2O2/c1-14-2-4-15(5-3-14)23-22(19-10-11-24-13-21(19)27-23)25-17-7-8-18-16(12-17)6-9-20(18)26/h2-5,7-8,10-13,25H,6,9H2,1H3. The number of benzene rings is 2. The number of anilines is 2. The van der Waals surface area contributed by atoms with E-state index in [0.29, 0.717) is 6.42 Å². The van der Waals surface area contributed by atoms with Crippen molar-refractivity contribution in [3.05, 3.63) is 77.6 Å². The van der Waals surface area contributed by atoms with Crippen LogP contribution in [0, 0.1) is 6.92 Å². The highest BCUT2D eigenvalue weighted by Crippen LogP contribution is 2.40. The van der Waals surface area contributed by atoms with Crippen molar-refractivity contribution in [2.75, 3.05) is 5.32 Å². The van der Waals surface area contributed by atoms with Gasteiger partial charge >= 0.3 is 0 Å². The van der Waals surface area contributed by atoms with Crippen LogP contribution < -0.4 is 5.32 Å². The summed E-state index contributed by atoms with van der Waals surface area (Å²) in [6.07, 6.45) is 4.92. The zero-order valence-electron chi connectivity index (χ0n) is 15.0. The number of aryl methyl sites for hydroxylation is 2. The van der Waals surface area contributed by atoms with Gasteiger partial charge in [-0.3, -0.25) is 9.78 Å². The number of carbonyl (C=O) groups excluding carboxylic acids is 1. The largest absolute Gasteiger partial charge is 0.452 e. The van der Waals surface area contributed by atoms with E-state index in [9.17, 15) is 4.79 Å². The Morgan fingerprint density at radius 1 is 1.04 bits per heavy atom. The first-order valence-electron chi connectivity index (χ1n) is 9.06. The Balaban J connectivity index is 1.63. The van der Waals surface area contributed by atoms with Crippen molar-refractivity contribution in [3.63, 3.8) is 0 Å². The first-order valence-corrected chi connectivity index (χ1v) is 9.06. The summed E-state index contributed by atoms with van der Waals surface area (Å²) in [7, 11) is 0. The van der Waals surface area contributed by atoms with Gasteiger partial charge in [0.15, 0.2) is 17.1 Å². The summed E-state index contributed by atoms with van der Waals surface area (Å²) in [5, 5.41) is 4.50. The normalized spacial score (nSPS) is 13.1. The second kappa shape index (κ2) is 6.09. The van der Waals surface area contributed by atoms with Crippen LogP contribution in [0.1, 0.15) is 27.9 Å². The summed E-state index contributed by atoms with van der Waals surface area (Å²) < 4.78 is 6.13. The zero-order chi connectivity index (χ0) is 18.4. The maximum absolute atomic E-state index is 11.9. The number of ketones is 1. The van der Waals surface area contributed by atoms with Crippen LogP contribution in [0.2, 0.25) is 0 Å². The quantitative estimate of drug-likeness (QED) is 0.514. The lowest BCUT2D eigenvalue weighted by Crippen LogP contribution is -1.95. The molecule has 0 spiro atoms. The number of rotatable bonds is 3. The number of fused-ring (bicyclic) bond motifs is 2. The molecule has 0 bridgehead atoms. The van der Waals surface area contributed by atoms with Crippen LogP contribution in [0.5, 0.6) is 0 Å². The molecule has 0 saturated carbocycles. The second-order valence-corrected chi connectivity index (χ2v) is 6.96. The van der Waals surface area contributed by atoms with Gasteiger partial charge in [-0.05, 0) is 43.2 Å². The average molecular weight is 354 g/mol. The smallest absolute Gasteiger partial charge is 0.163 e. The molecule has 0 unspecified atom stereocenters. The lowest BCUT2D eigenvalue weighted by Gasteiger charge is -2.09. The molecule has 1 aliphatic rings. The van der Waals surface area contributed by atoms with Crippen LogP contribution in [0.4, 0.5) is 11.4 Å². The van der Waals surface area contributed by atoms with E-state index in [1.165, 1.54) is 5.56 Å². The first-order chi connectivity index (χ1) is 13.2. The number of furan rings is 1. The highest BCUT2D eigenvalue weighted by atomic mass is 16.3. The van der Waals surface area contributed by atoms with Gasteiger partial charge in [-0.15, -0.1) is 0 Å². The number of Topliss-reactive ketones (excluding diaryl/α,β-unsaturated/α-hetero) is 1. The Bertz CT molecular complexity index is 1170. The van der Waals surface area contributed by atoms with Gasteiger partial charge in [-0.1, -0.05) is 29.8 Å². The van der Waals surface area contributed by atoms with E-state index in [-0.39, 0.29) is 5.78 Å².